The number of aromatic nitrogens is 2. The van der Waals surface area contributed by atoms with E-state index >= 15 is 0 Å². The highest BCUT2D eigenvalue weighted by Crippen LogP contribution is 2.28. The van der Waals surface area contributed by atoms with E-state index in [-0.39, 0.29) is 6.10 Å². The highest BCUT2D eigenvalue weighted by molar-refractivity contribution is 4.93. The predicted octanol–water partition coefficient (Wildman–Crippen LogP) is 1.67. The Labute approximate surface area is 78.4 Å². The van der Waals surface area contributed by atoms with Gasteiger partial charge in [0, 0.05) is 18.4 Å². The van der Waals surface area contributed by atoms with Crippen molar-refractivity contribution in [3.05, 3.63) is 18.2 Å². The molecule has 2 atom stereocenters. The van der Waals surface area contributed by atoms with Crippen LogP contribution in [-0.4, -0.2) is 20.8 Å². The SMILES string of the molecule is Cc1nccn1C1CCCC(O)C1. The van der Waals surface area contributed by atoms with Gasteiger partial charge in [-0.25, -0.2) is 4.98 Å². The van der Waals surface area contributed by atoms with Gasteiger partial charge in [0.05, 0.1) is 6.10 Å². The lowest BCUT2D eigenvalue weighted by molar-refractivity contribution is 0.103. The second-order valence-electron chi connectivity index (χ2n) is 3.86. The molecule has 2 unspecified atom stereocenters. The molecule has 1 aliphatic carbocycles. The zero-order valence-electron chi connectivity index (χ0n) is 7.98. The summed E-state index contributed by atoms with van der Waals surface area (Å²) in [5.74, 6) is 1.05. The van der Waals surface area contributed by atoms with E-state index in [2.05, 4.69) is 9.55 Å². The summed E-state index contributed by atoms with van der Waals surface area (Å²) in [5.41, 5.74) is 0. The Balaban J connectivity index is 2.12. The van der Waals surface area contributed by atoms with Crippen LogP contribution in [0.5, 0.6) is 0 Å². The molecule has 3 nitrogen and oxygen atoms in total. The fourth-order valence-electron chi connectivity index (χ4n) is 2.17. The molecule has 1 aromatic heterocycles. The van der Waals surface area contributed by atoms with Crippen molar-refractivity contribution in [2.24, 2.45) is 0 Å². The molecular formula is C10H16N2O. The minimum absolute atomic E-state index is 0.111. The lowest BCUT2D eigenvalue weighted by Gasteiger charge is -2.27. The lowest BCUT2D eigenvalue weighted by atomic mass is 9.93. The molecule has 1 heterocycles. The molecule has 0 saturated heterocycles. The molecule has 1 saturated carbocycles. The van der Waals surface area contributed by atoms with Gasteiger partial charge in [0.25, 0.3) is 0 Å². The van der Waals surface area contributed by atoms with Crippen LogP contribution in [0.3, 0.4) is 0 Å². The van der Waals surface area contributed by atoms with Crippen LogP contribution in [0.2, 0.25) is 0 Å². The first-order chi connectivity index (χ1) is 6.27. The molecule has 1 aromatic rings. The first-order valence-electron chi connectivity index (χ1n) is 4.95. The third kappa shape index (κ3) is 1.75. The van der Waals surface area contributed by atoms with Gasteiger partial charge in [0.1, 0.15) is 5.82 Å². The predicted molar refractivity (Wildman–Crippen MR) is 50.5 cm³/mol. The molecule has 0 spiro atoms. The van der Waals surface area contributed by atoms with E-state index in [9.17, 15) is 5.11 Å². The summed E-state index contributed by atoms with van der Waals surface area (Å²) in [6, 6.07) is 0.464. The Morgan fingerprint density at radius 1 is 1.54 bits per heavy atom. The first kappa shape index (κ1) is 8.75. The Kier molecular flexibility index (Phi) is 2.36. The van der Waals surface area contributed by atoms with E-state index < -0.39 is 0 Å². The number of hydrogen-bond donors (Lipinski definition) is 1. The number of aliphatic hydroxyl groups excluding tert-OH is 1. The van der Waals surface area contributed by atoms with Crippen molar-refractivity contribution in [1.82, 2.24) is 9.55 Å². The maximum atomic E-state index is 9.54. The number of hydrogen-bond acceptors (Lipinski definition) is 2. The van der Waals surface area contributed by atoms with Crippen molar-refractivity contribution in [3.8, 4) is 0 Å². The number of aliphatic hydroxyl groups is 1. The minimum atomic E-state index is -0.111. The van der Waals surface area contributed by atoms with Crippen molar-refractivity contribution >= 4 is 0 Å². The van der Waals surface area contributed by atoms with Gasteiger partial charge < -0.3 is 9.67 Å². The fourth-order valence-corrected chi connectivity index (χ4v) is 2.17. The number of aryl methyl sites for hydroxylation is 1. The van der Waals surface area contributed by atoms with Crippen LogP contribution in [0, 0.1) is 6.92 Å². The number of rotatable bonds is 1. The van der Waals surface area contributed by atoms with Gasteiger partial charge in [-0.1, -0.05) is 0 Å². The average Bonchev–Trinajstić information content (AvgIpc) is 2.51. The van der Waals surface area contributed by atoms with Crippen LogP contribution in [0.1, 0.15) is 37.5 Å². The van der Waals surface area contributed by atoms with Crippen molar-refractivity contribution in [3.63, 3.8) is 0 Å². The fraction of sp³-hybridized carbons (Fsp3) is 0.700. The average molecular weight is 180 g/mol. The Morgan fingerprint density at radius 2 is 2.38 bits per heavy atom. The molecule has 1 fully saturated rings. The molecule has 1 N–H and O–H groups in total. The van der Waals surface area contributed by atoms with Crippen LogP contribution >= 0.6 is 0 Å². The molecule has 2 rings (SSSR count). The molecule has 13 heavy (non-hydrogen) atoms. The third-order valence-corrected chi connectivity index (χ3v) is 2.87. The van der Waals surface area contributed by atoms with E-state index in [1.165, 1.54) is 6.42 Å². The molecule has 0 radical (unpaired) electrons. The first-order valence-corrected chi connectivity index (χ1v) is 4.95. The largest absolute Gasteiger partial charge is 0.393 e. The van der Waals surface area contributed by atoms with Gasteiger partial charge in [0.15, 0.2) is 0 Å². The Morgan fingerprint density at radius 3 is 3.00 bits per heavy atom. The Hall–Kier alpha value is -0.830. The van der Waals surface area contributed by atoms with Gasteiger partial charge in [-0.15, -0.1) is 0 Å². The maximum absolute atomic E-state index is 9.54. The zero-order valence-corrected chi connectivity index (χ0v) is 7.98. The van der Waals surface area contributed by atoms with E-state index in [1.807, 2.05) is 19.3 Å². The molecular weight excluding hydrogens is 164 g/mol. The van der Waals surface area contributed by atoms with Gasteiger partial charge in [-0.05, 0) is 32.6 Å². The van der Waals surface area contributed by atoms with Gasteiger partial charge in [-0.2, -0.15) is 0 Å². The van der Waals surface area contributed by atoms with Crippen molar-refractivity contribution in [1.29, 1.82) is 0 Å². The van der Waals surface area contributed by atoms with E-state index in [0.717, 1.165) is 25.1 Å². The number of nitrogens with zero attached hydrogens (tertiary/aromatic N) is 2. The molecule has 0 aromatic carbocycles. The minimum Gasteiger partial charge on any atom is -0.393 e. The van der Waals surface area contributed by atoms with Crippen LogP contribution in [0.25, 0.3) is 0 Å². The lowest BCUT2D eigenvalue weighted by Crippen LogP contribution is -2.22. The van der Waals surface area contributed by atoms with Crippen LogP contribution < -0.4 is 0 Å². The van der Waals surface area contributed by atoms with Gasteiger partial charge in [0.2, 0.25) is 0 Å². The van der Waals surface area contributed by atoms with Crippen molar-refractivity contribution in [2.75, 3.05) is 0 Å². The molecule has 0 amide bonds. The van der Waals surface area contributed by atoms with Crippen LogP contribution in [0.15, 0.2) is 12.4 Å². The second kappa shape index (κ2) is 3.50. The second-order valence-corrected chi connectivity index (χ2v) is 3.86. The summed E-state index contributed by atoms with van der Waals surface area (Å²) < 4.78 is 2.18. The topological polar surface area (TPSA) is 38.0 Å². The van der Waals surface area contributed by atoms with Crippen molar-refractivity contribution < 1.29 is 5.11 Å². The Bertz CT molecular complexity index is 282. The normalized spacial score (nSPS) is 29.1. The number of imidazole rings is 1. The van der Waals surface area contributed by atoms with E-state index in [0.29, 0.717) is 6.04 Å². The van der Waals surface area contributed by atoms with Crippen molar-refractivity contribution in [2.45, 2.75) is 44.8 Å². The van der Waals surface area contributed by atoms with E-state index in [4.69, 9.17) is 0 Å². The van der Waals surface area contributed by atoms with Crippen LogP contribution in [-0.2, 0) is 0 Å². The highest BCUT2D eigenvalue weighted by Gasteiger charge is 2.21. The standard InChI is InChI=1S/C10H16N2O/c1-8-11-5-6-12(8)9-3-2-4-10(13)7-9/h5-6,9-10,13H,2-4,7H2,1H3. The third-order valence-electron chi connectivity index (χ3n) is 2.87. The maximum Gasteiger partial charge on any atom is 0.105 e. The van der Waals surface area contributed by atoms with Gasteiger partial charge >= 0.3 is 0 Å². The summed E-state index contributed by atoms with van der Waals surface area (Å²) >= 11 is 0. The summed E-state index contributed by atoms with van der Waals surface area (Å²) in [4.78, 5) is 4.20. The quantitative estimate of drug-likeness (QED) is 0.713. The summed E-state index contributed by atoms with van der Waals surface area (Å²) in [6.45, 7) is 2.01. The molecule has 0 aliphatic heterocycles. The smallest absolute Gasteiger partial charge is 0.105 e. The molecule has 1 aliphatic rings. The summed E-state index contributed by atoms with van der Waals surface area (Å²) in [7, 11) is 0. The van der Waals surface area contributed by atoms with Gasteiger partial charge in [-0.3, -0.25) is 0 Å². The van der Waals surface area contributed by atoms with Crippen LogP contribution in [0.4, 0.5) is 0 Å². The van der Waals surface area contributed by atoms with E-state index in [1.54, 1.807) is 0 Å². The molecule has 72 valence electrons. The molecule has 3 heteroatoms. The highest BCUT2D eigenvalue weighted by atomic mass is 16.3. The zero-order chi connectivity index (χ0) is 9.26. The molecule has 0 bridgehead atoms. The summed E-state index contributed by atoms with van der Waals surface area (Å²) in [5, 5.41) is 9.54. The monoisotopic (exact) mass is 180 g/mol. The summed E-state index contributed by atoms with van der Waals surface area (Å²) in [6.07, 6.45) is 7.88.